The molecule has 2 N–H and O–H groups in total. The van der Waals surface area contributed by atoms with Crippen molar-refractivity contribution >= 4 is 23.2 Å². The third-order valence-electron chi connectivity index (χ3n) is 4.33. The van der Waals surface area contributed by atoms with Crippen LogP contribution in [-0.4, -0.2) is 30.0 Å². The molecule has 2 aromatic carbocycles. The Morgan fingerprint density at radius 3 is 2.45 bits per heavy atom. The molecule has 7 heteroatoms. The van der Waals surface area contributed by atoms with Crippen LogP contribution in [0.5, 0.6) is 11.5 Å². The maximum absolute atomic E-state index is 12.6. The third kappa shape index (κ3) is 4.35. The number of nitrogens with zero attached hydrogens (tertiary/aromatic N) is 1. The highest BCUT2D eigenvalue weighted by molar-refractivity contribution is 6.07. The summed E-state index contributed by atoms with van der Waals surface area (Å²) < 4.78 is 11.0. The highest BCUT2D eigenvalue weighted by Gasteiger charge is 2.15. The Morgan fingerprint density at radius 1 is 0.862 bits per heavy atom. The summed E-state index contributed by atoms with van der Waals surface area (Å²) in [5, 5.41) is 5.58. The summed E-state index contributed by atoms with van der Waals surface area (Å²) >= 11 is 0. The van der Waals surface area contributed by atoms with Gasteiger partial charge in [-0.1, -0.05) is 12.1 Å². The number of aryl methyl sites for hydroxylation is 1. The number of aromatic nitrogens is 1. The van der Waals surface area contributed by atoms with E-state index in [9.17, 15) is 9.59 Å². The van der Waals surface area contributed by atoms with E-state index in [0.717, 1.165) is 5.56 Å². The van der Waals surface area contributed by atoms with Gasteiger partial charge in [-0.25, -0.2) is 0 Å². The van der Waals surface area contributed by atoms with Gasteiger partial charge in [-0.3, -0.25) is 14.6 Å². The predicted molar refractivity (Wildman–Crippen MR) is 109 cm³/mol. The lowest BCUT2D eigenvalue weighted by atomic mass is 10.2. The van der Waals surface area contributed by atoms with E-state index in [4.69, 9.17) is 9.47 Å². The molecule has 2 heterocycles. The van der Waals surface area contributed by atoms with Crippen molar-refractivity contribution in [3.63, 3.8) is 0 Å². The minimum atomic E-state index is -0.424. The van der Waals surface area contributed by atoms with E-state index in [0.29, 0.717) is 41.7 Å². The number of pyridine rings is 1. The number of hydrogen-bond acceptors (Lipinski definition) is 5. The van der Waals surface area contributed by atoms with Gasteiger partial charge in [0.05, 0.1) is 0 Å². The number of carbonyl (C=O) groups excluding carboxylic acids is 2. The van der Waals surface area contributed by atoms with Crippen LogP contribution in [0, 0.1) is 6.92 Å². The van der Waals surface area contributed by atoms with Crippen LogP contribution in [0.15, 0.2) is 60.8 Å². The van der Waals surface area contributed by atoms with Gasteiger partial charge >= 0.3 is 0 Å². The summed E-state index contributed by atoms with van der Waals surface area (Å²) in [5.41, 5.74) is 2.76. The van der Waals surface area contributed by atoms with E-state index in [1.165, 1.54) is 12.3 Å². The van der Waals surface area contributed by atoms with Crippen molar-refractivity contribution in [1.29, 1.82) is 0 Å². The van der Waals surface area contributed by atoms with E-state index in [1.54, 1.807) is 24.3 Å². The number of nitrogens with one attached hydrogen (secondary N) is 2. The Labute approximate surface area is 167 Å². The van der Waals surface area contributed by atoms with E-state index in [-0.39, 0.29) is 11.6 Å². The van der Waals surface area contributed by atoms with Gasteiger partial charge in [0.25, 0.3) is 11.8 Å². The molecule has 0 spiro atoms. The molecule has 0 saturated carbocycles. The van der Waals surface area contributed by atoms with Gasteiger partial charge in [0, 0.05) is 29.2 Å². The largest absolute Gasteiger partial charge is 0.486 e. The van der Waals surface area contributed by atoms with Crippen LogP contribution in [-0.2, 0) is 0 Å². The molecule has 1 aliphatic heterocycles. The smallest absolute Gasteiger partial charge is 0.274 e. The first kappa shape index (κ1) is 18.5. The van der Waals surface area contributed by atoms with Gasteiger partial charge in [-0.15, -0.1) is 0 Å². The highest BCUT2D eigenvalue weighted by atomic mass is 16.6. The van der Waals surface area contributed by atoms with Crippen LogP contribution < -0.4 is 20.1 Å². The summed E-state index contributed by atoms with van der Waals surface area (Å²) in [6.07, 6.45) is 1.43. The molecule has 1 aromatic heterocycles. The summed E-state index contributed by atoms with van der Waals surface area (Å²) in [6.45, 7) is 2.91. The van der Waals surface area contributed by atoms with Crippen molar-refractivity contribution in [2.75, 3.05) is 23.8 Å². The van der Waals surface area contributed by atoms with Crippen molar-refractivity contribution in [2.45, 2.75) is 6.92 Å². The van der Waals surface area contributed by atoms with E-state index < -0.39 is 5.91 Å². The van der Waals surface area contributed by atoms with Crippen molar-refractivity contribution in [3.05, 3.63) is 77.6 Å². The fourth-order valence-electron chi connectivity index (χ4n) is 2.94. The third-order valence-corrected chi connectivity index (χ3v) is 4.33. The van der Waals surface area contributed by atoms with Crippen LogP contribution in [0.4, 0.5) is 11.4 Å². The van der Waals surface area contributed by atoms with Gasteiger partial charge in [-0.2, -0.15) is 0 Å². The average molecular weight is 389 g/mol. The molecule has 1 aliphatic rings. The predicted octanol–water partition coefficient (Wildman–Crippen LogP) is 3.67. The zero-order valence-corrected chi connectivity index (χ0v) is 15.8. The first-order valence-electron chi connectivity index (χ1n) is 9.13. The van der Waals surface area contributed by atoms with Crippen LogP contribution in [0.1, 0.15) is 26.4 Å². The molecule has 3 aromatic rings. The first-order chi connectivity index (χ1) is 14.1. The van der Waals surface area contributed by atoms with E-state index in [2.05, 4.69) is 15.6 Å². The molecule has 0 fully saturated rings. The Morgan fingerprint density at radius 2 is 1.62 bits per heavy atom. The van der Waals surface area contributed by atoms with Crippen LogP contribution >= 0.6 is 0 Å². The SMILES string of the molecule is Cc1cccc(NC(=O)c2ccnc(C(=O)Nc3ccc4c(c3)OCCO4)c2)c1. The number of ether oxygens (including phenoxy) is 2. The fraction of sp³-hybridized carbons (Fsp3) is 0.136. The topological polar surface area (TPSA) is 89.6 Å². The molecule has 0 radical (unpaired) electrons. The second-order valence-electron chi connectivity index (χ2n) is 6.57. The maximum atomic E-state index is 12.6. The zero-order chi connectivity index (χ0) is 20.2. The minimum Gasteiger partial charge on any atom is -0.486 e. The van der Waals surface area contributed by atoms with Crippen LogP contribution in [0.2, 0.25) is 0 Å². The molecule has 0 saturated heterocycles. The molecular formula is C22H19N3O4. The standard InChI is InChI=1S/C22H19N3O4/c1-14-3-2-4-16(11-14)24-21(26)15-7-8-23-18(12-15)22(27)25-17-5-6-19-20(13-17)29-10-9-28-19/h2-8,11-13H,9-10H2,1H3,(H,24,26)(H,25,27). The Bertz CT molecular complexity index is 1080. The number of amides is 2. The molecule has 29 heavy (non-hydrogen) atoms. The van der Waals surface area contributed by atoms with Crippen LogP contribution in [0.3, 0.4) is 0 Å². The van der Waals surface area contributed by atoms with Gasteiger partial charge in [-0.05, 0) is 48.9 Å². The van der Waals surface area contributed by atoms with Gasteiger partial charge in [0.15, 0.2) is 11.5 Å². The molecule has 7 nitrogen and oxygen atoms in total. The summed E-state index contributed by atoms with van der Waals surface area (Å²) in [6, 6.07) is 15.7. The fourth-order valence-corrected chi connectivity index (χ4v) is 2.94. The maximum Gasteiger partial charge on any atom is 0.274 e. The molecule has 0 atom stereocenters. The van der Waals surface area contributed by atoms with Gasteiger partial charge in [0.1, 0.15) is 18.9 Å². The number of carbonyl (C=O) groups is 2. The lowest BCUT2D eigenvalue weighted by Gasteiger charge is -2.19. The van der Waals surface area contributed by atoms with Crippen molar-refractivity contribution < 1.29 is 19.1 Å². The van der Waals surface area contributed by atoms with Crippen molar-refractivity contribution in [1.82, 2.24) is 4.98 Å². The quantitative estimate of drug-likeness (QED) is 0.711. The average Bonchev–Trinajstić information content (AvgIpc) is 2.74. The first-order valence-corrected chi connectivity index (χ1v) is 9.13. The van der Waals surface area contributed by atoms with E-state index in [1.807, 2.05) is 31.2 Å². The molecule has 2 amide bonds. The molecule has 0 aliphatic carbocycles. The second kappa shape index (κ2) is 8.02. The highest BCUT2D eigenvalue weighted by Crippen LogP contribution is 2.32. The molecule has 4 rings (SSSR count). The van der Waals surface area contributed by atoms with E-state index >= 15 is 0 Å². The zero-order valence-electron chi connectivity index (χ0n) is 15.8. The van der Waals surface area contributed by atoms with Crippen molar-refractivity contribution in [3.8, 4) is 11.5 Å². The summed E-state index contributed by atoms with van der Waals surface area (Å²) in [7, 11) is 0. The summed E-state index contributed by atoms with van der Waals surface area (Å²) in [5.74, 6) is 0.480. The number of benzene rings is 2. The minimum absolute atomic E-state index is 0.136. The normalized spacial score (nSPS) is 12.2. The van der Waals surface area contributed by atoms with Crippen molar-refractivity contribution in [2.24, 2.45) is 0 Å². The van der Waals surface area contributed by atoms with Gasteiger partial charge in [0.2, 0.25) is 0 Å². The summed E-state index contributed by atoms with van der Waals surface area (Å²) in [4.78, 5) is 29.2. The molecular weight excluding hydrogens is 370 g/mol. The Kier molecular flexibility index (Phi) is 5.11. The molecule has 0 bridgehead atoms. The number of fused-ring (bicyclic) bond motifs is 1. The Balaban J connectivity index is 1.47. The van der Waals surface area contributed by atoms with Crippen LogP contribution in [0.25, 0.3) is 0 Å². The lowest BCUT2D eigenvalue weighted by molar-refractivity contribution is 0.102. The molecule has 146 valence electrons. The molecule has 0 unspecified atom stereocenters. The lowest BCUT2D eigenvalue weighted by Crippen LogP contribution is -2.18. The van der Waals surface area contributed by atoms with Gasteiger partial charge < -0.3 is 20.1 Å². The number of anilines is 2. The monoisotopic (exact) mass is 389 g/mol. The second-order valence-corrected chi connectivity index (χ2v) is 6.57. The Hall–Kier alpha value is -3.87. The number of rotatable bonds is 4. The number of hydrogen-bond donors (Lipinski definition) is 2.